The van der Waals surface area contributed by atoms with Crippen LogP contribution in [0.3, 0.4) is 0 Å². The molecular weight excluding hydrogens is 249 g/mol. The normalized spacial score (nSPS) is 15.0. The Balaban J connectivity index is 0.000000149. The summed E-state index contributed by atoms with van der Waals surface area (Å²) >= 11 is 0. The molecule has 100 valence electrons. The van der Waals surface area contributed by atoms with Gasteiger partial charge in [0.15, 0.2) is 0 Å². The molecule has 0 saturated heterocycles. The molecule has 1 unspecified atom stereocenters. The minimum Gasteiger partial charge on any atom is -0.424 e. The van der Waals surface area contributed by atoms with Gasteiger partial charge in [-0.15, -0.1) is 6.07 Å². The second-order valence-electron chi connectivity index (χ2n) is 4.98. The third kappa shape index (κ3) is 3.50. The Labute approximate surface area is 138 Å². The van der Waals surface area contributed by atoms with E-state index in [0.717, 1.165) is 10.9 Å². The number of nitrogens with one attached hydrogen (secondary N) is 1. The van der Waals surface area contributed by atoms with E-state index in [2.05, 4.69) is 54.4 Å². The van der Waals surface area contributed by atoms with Crippen LogP contribution in [0, 0.1) is 6.07 Å². The van der Waals surface area contributed by atoms with Crippen LogP contribution in [0.25, 0.3) is 17.0 Å². The smallest absolute Gasteiger partial charge is 0.424 e. The molecule has 2 heteroatoms. The Morgan fingerprint density at radius 1 is 1.05 bits per heavy atom. The standard InChI is InChI=1S/C11H12.C8H6N.Li/c1-2-9-7-8-10-5-3-4-6-11(9)10;1-2-4-8-7(3-1)5-6-9-8;/h3-9H,2H2,1H3;1-4,6,9H;/q;-1;+1. The van der Waals surface area contributed by atoms with Crippen molar-refractivity contribution in [2.75, 3.05) is 0 Å². The van der Waals surface area contributed by atoms with Gasteiger partial charge in [0, 0.05) is 5.92 Å². The van der Waals surface area contributed by atoms with Gasteiger partial charge in [0.1, 0.15) is 0 Å². The molecular formula is C19H18LiN. The van der Waals surface area contributed by atoms with Gasteiger partial charge in [-0.1, -0.05) is 67.2 Å². The van der Waals surface area contributed by atoms with Crippen LogP contribution >= 0.6 is 0 Å². The second kappa shape index (κ2) is 7.36. The van der Waals surface area contributed by atoms with Crippen molar-refractivity contribution in [3.05, 3.63) is 78.0 Å². The minimum atomic E-state index is 0. The van der Waals surface area contributed by atoms with Crippen LogP contribution in [0.15, 0.2) is 60.8 Å². The van der Waals surface area contributed by atoms with Crippen LogP contribution in [0.1, 0.15) is 30.4 Å². The molecule has 4 rings (SSSR count). The van der Waals surface area contributed by atoms with Gasteiger partial charge in [-0.25, -0.2) is 0 Å². The van der Waals surface area contributed by atoms with Gasteiger partial charge in [-0.3, -0.25) is 0 Å². The first-order chi connectivity index (χ1) is 9.88. The monoisotopic (exact) mass is 267 g/mol. The first-order valence-corrected chi connectivity index (χ1v) is 7.09. The summed E-state index contributed by atoms with van der Waals surface area (Å²) in [5, 5.41) is 1.15. The van der Waals surface area contributed by atoms with E-state index in [9.17, 15) is 0 Å². The van der Waals surface area contributed by atoms with E-state index in [4.69, 9.17) is 0 Å². The fourth-order valence-corrected chi connectivity index (χ4v) is 2.61. The van der Waals surface area contributed by atoms with Gasteiger partial charge in [-0.2, -0.15) is 17.5 Å². The summed E-state index contributed by atoms with van der Waals surface area (Å²) in [6, 6.07) is 19.8. The number of para-hydroxylation sites is 1. The van der Waals surface area contributed by atoms with Crippen LogP contribution in [0.2, 0.25) is 0 Å². The van der Waals surface area contributed by atoms with Crippen molar-refractivity contribution in [3.8, 4) is 0 Å². The molecule has 1 aliphatic carbocycles. The zero-order valence-electron chi connectivity index (χ0n) is 12.6. The summed E-state index contributed by atoms with van der Waals surface area (Å²) in [6.45, 7) is 2.23. The minimum absolute atomic E-state index is 0. The topological polar surface area (TPSA) is 15.8 Å². The third-order valence-corrected chi connectivity index (χ3v) is 3.73. The first-order valence-electron chi connectivity index (χ1n) is 7.09. The predicted octanol–water partition coefficient (Wildman–Crippen LogP) is 2.18. The number of aromatic amines is 1. The van der Waals surface area contributed by atoms with Crippen LogP contribution in [0.5, 0.6) is 0 Å². The number of H-pyrrole nitrogens is 1. The number of hydrogen-bond acceptors (Lipinski definition) is 0. The summed E-state index contributed by atoms with van der Waals surface area (Å²) in [5.41, 5.74) is 4.05. The molecule has 2 aromatic carbocycles. The molecule has 1 aliphatic rings. The SMILES string of the molecule is CCC1C=Cc2ccccc21.[Li+].[c-]1c[nH]c2ccccc12. The zero-order chi connectivity index (χ0) is 13.8. The van der Waals surface area contributed by atoms with Crippen LogP contribution in [-0.4, -0.2) is 4.98 Å². The fraction of sp³-hybridized carbons (Fsp3) is 0.158. The van der Waals surface area contributed by atoms with Gasteiger partial charge in [0.05, 0.1) is 0 Å². The van der Waals surface area contributed by atoms with E-state index in [1.807, 2.05) is 30.5 Å². The van der Waals surface area contributed by atoms with Crippen LogP contribution < -0.4 is 18.9 Å². The molecule has 1 nitrogen and oxygen atoms in total. The summed E-state index contributed by atoms with van der Waals surface area (Å²) in [7, 11) is 0. The molecule has 1 N–H and O–H groups in total. The number of rotatable bonds is 1. The summed E-state index contributed by atoms with van der Waals surface area (Å²) < 4.78 is 0. The van der Waals surface area contributed by atoms with E-state index < -0.39 is 0 Å². The molecule has 3 aromatic rings. The molecule has 0 bridgehead atoms. The van der Waals surface area contributed by atoms with Crippen molar-refractivity contribution in [1.29, 1.82) is 0 Å². The van der Waals surface area contributed by atoms with Crippen molar-refractivity contribution in [3.63, 3.8) is 0 Å². The second-order valence-corrected chi connectivity index (χ2v) is 4.98. The average molecular weight is 267 g/mol. The van der Waals surface area contributed by atoms with Crippen molar-refractivity contribution >= 4 is 17.0 Å². The van der Waals surface area contributed by atoms with E-state index in [1.165, 1.54) is 17.5 Å². The molecule has 1 atom stereocenters. The number of benzene rings is 2. The maximum atomic E-state index is 3.06. The Bertz CT molecular complexity index is 697. The van der Waals surface area contributed by atoms with Crippen molar-refractivity contribution in [2.45, 2.75) is 19.3 Å². The number of allylic oxidation sites excluding steroid dienone is 1. The van der Waals surface area contributed by atoms with Crippen molar-refractivity contribution in [2.24, 2.45) is 0 Å². The maximum Gasteiger partial charge on any atom is 1.00 e. The van der Waals surface area contributed by atoms with Crippen LogP contribution in [0.4, 0.5) is 0 Å². The van der Waals surface area contributed by atoms with Gasteiger partial charge >= 0.3 is 18.9 Å². The molecule has 0 aliphatic heterocycles. The Morgan fingerprint density at radius 3 is 2.62 bits per heavy atom. The van der Waals surface area contributed by atoms with E-state index >= 15 is 0 Å². The quantitative estimate of drug-likeness (QED) is 0.514. The van der Waals surface area contributed by atoms with Crippen molar-refractivity contribution in [1.82, 2.24) is 4.98 Å². The molecule has 1 aromatic heterocycles. The van der Waals surface area contributed by atoms with Crippen LogP contribution in [-0.2, 0) is 0 Å². The van der Waals surface area contributed by atoms with Crippen molar-refractivity contribution < 1.29 is 18.9 Å². The van der Waals surface area contributed by atoms with E-state index in [0.29, 0.717) is 5.92 Å². The molecule has 0 fully saturated rings. The fourth-order valence-electron chi connectivity index (χ4n) is 2.61. The maximum absolute atomic E-state index is 3.06. The molecule has 0 radical (unpaired) electrons. The summed E-state index contributed by atoms with van der Waals surface area (Å²) in [5.74, 6) is 0.672. The molecule has 0 saturated carbocycles. The summed E-state index contributed by atoms with van der Waals surface area (Å²) in [4.78, 5) is 3.06. The van der Waals surface area contributed by atoms with Gasteiger partial charge < -0.3 is 4.98 Å². The summed E-state index contributed by atoms with van der Waals surface area (Å²) in [6.07, 6.45) is 7.56. The largest absolute Gasteiger partial charge is 1.00 e. The van der Waals surface area contributed by atoms with E-state index in [-0.39, 0.29) is 18.9 Å². The molecule has 21 heavy (non-hydrogen) atoms. The Kier molecular flexibility index (Phi) is 5.50. The molecule has 0 spiro atoms. The van der Waals surface area contributed by atoms with Gasteiger partial charge in [-0.05, 0) is 17.5 Å². The average Bonchev–Trinajstić information content (AvgIpc) is 3.14. The third-order valence-electron chi connectivity index (χ3n) is 3.73. The number of aromatic nitrogens is 1. The number of hydrogen-bond donors (Lipinski definition) is 1. The van der Waals surface area contributed by atoms with E-state index in [1.54, 1.807) is 0 Å². The first kappa shape index (κ1) is 15.7. The Morgan fingerprint density at radius 2 is 1.81 bits per heavy atom. The number of fused-ring (bicyclic) bond motifs is 2. The molecule has 1 heterocycles. The van der Waals surface area contributed by atoms with Gasteiger partial charge in [0.25, 0.3) is 0 Å². The predicted molar refractivity (Wildman–Crippen MR) is 85.6 cm³/mol. The van der Waals surface area contributed by atoms with Gasteiger partial charge in [0.2, 0.25) is 0 Å². The molecule has 0 amide bonds. The Hall–Kier alpha value is -1.68. The zero-order valence-corrected chi connectivity index (χ0v) is 12.6.